The monoisotopic (exact) mass is 271 g/mol. The summed E-state index contributed by atoms with van der Waals surface area (Å²) in [7, 11) is 0. The van der Waals surface area contributed by atoms with Crippen molar-refractivity contribution in [2.45, 2.75) is 51.2 Å². The number of nitrogens with zero attached hydrogens (tertiary/aromatic N) is 4. The standard InChI is InChI=1S/C15H21N5/c1-11(9-19-7-6-17-10-19)20-14-4-5-16-8-13(14)18-15(20)12-2-3-12/h6-7,10-12,16H,2-5,8-9H2,1H3. The zero-order valence-electron chi connectivity index (χ0n) is 11.9. The van der Waals surface area contributed by atoms with Gasteiger partial charge in [0.1, 0.15) is 5.82 Å². The Bertz CT molecular complexity index is 594. The highest BCUT2D eigenvalue weighted by atomic mass is 15.2. The summed E-state index contributed by atoms with van der Waals surface area (Å²) >= 11 is 0. The van der Waals surface area contributed by atoms with Gasteiger partial charge in [-0.3, -0.25) is 0 Å². The summed E-state index contributed by atoms with van der Waals surface area (Å²) in [6.45, 7) is 5.27. The Labute approximate surface area is 119 Å². The zero-order chi connectivity index (χ0) is 13.5. The molecule has 106 valence electrons. The normalized spacial score (nSPS) is 19.9. The van der Waals surface area contributed by atoms with E-state index < -0.39 is 0 Å². The van der Waals surface area contributed by atoms with Gasteiger partial charge in [0.2, 0.25) is 0 Å². The molecule has 5 heteroatoms. The fourth-order valence-electron chi connectivity index (χ4n) is 3.26. The fourth-order valence-corrected chi connectivity index (χ4v) is 3.26. The lowest BCUT2D eigenvalue weighted by Gasteiger charge is -2.22. The molecule has 20 heavy (non-hydrogen) atoms. The number of aromatic nitrogens is 4. The first-order valence-electron chi connectivity index (χ1n) is 7.59. The Balaban J connectivity index is 1.69. The molecule has 1 atom stereocenters. The van der Waals surface area contributed by atoms with Crippen molar-refractivity contribution in [2.24, 2.45) is 0 Å². The molecule has 1 unspecified atom stereocenters. The van der Waals surface area contributed by atoms with E-state index in [9.17, 15) is 0 Å². The lowest BCUT2D eigenvalue weighted by atomic mass is 10.1. The second-order valence-corrected chi connectivity index (χ2v) is 6.04. The second kappa shape index (κ2) is 4.74. The Morgan fingerprint density at radius 3 is 3.10 bits per heavy atom. The molecule has 1 N–H and O–H groups in total. The maximum atomic E-state index is 4.94. The van der Waals surface area contributed by atoms with Gasteiger partial charge in [-0.05, 0) is 19.8 Å². The lowest BCUT2D eigenvalue weighted by molar-refractivity contribution is 0.433. The predicted molar refractivity (Wildman–Crippen MR) is 76.6 cm³/mol. The molecule has 1 aliphatic carbocycles. The first-order valence-corrected chi connectivity index (χ1v) is 7.59. The van der Waals surface area contributed by atoms with E-state index in [1.54, 1.807) is 0 Å². The van der Waals surface area contributed by atoms with Crippen LogP contribution >= 0.6 is 0 Å². The number of nitrogens with one attached hydrogen (secondary N) is 1. The van der Waals surface area contributed by atoms with E-state index >= 15 is 0 Å². The minimum absolute atomic E-state index is 0.439. The van der Waals surface area contributed by atoms with Gasteiger partial charge in [-0.15, -0.1) is 0 Å². The third kappa shape index (κ3) is 2.06. The van der Waals surface area contributed by atoms with Gasteiger partial charge < -0.3 is 14.5 Å². The van der Waals surface area contributed by atoms with Crippen LogP contribution in [0.3, 0.4) is 0 Å². The molecule has 1 aliphatic heterocycles. The van der Waals surface area contributed by atoms with Gasteiger partial charge in [0.15, 0.2) is 0 Å². The molecule has 3 heterocycles. The number of imidazole rings is 2. The molecule has 0 bridgehead atoms. The number of fused-ring (bicyclic) bond motifs is 1. The molecule has 4 rings (SSSR count). The smallest absolute Gasteiger partial charge is 0.112 e. The van der Waals surface area contributed by atoms with Crippen molar-refractivity contribution in [1.29, 1.82) is 0 Å². The van der Waals surface area contributed by atoms with Gasteiger partial charge in [0.25, 0.3) is 0 Å². The Kier molecular flexibility index (Phi) is 2.88. The average molecular weight is 271 g/mol. The van der Waals surface area contributed by atoms with Crippen LogP contribution in [0.5, 0.6) is 0 Å². The van der Waals surface area contributed by atoms with Crippen LogP contribution in [0.15, 0.2) is 18.7 Å². The van der Waals surface area contributed by atoms with Crippen molar-refractivity contribution in [3.05, 3.63) is 35.9 Å². The summed E-state index contributed by atoms with van der Waals surface area (Å²) < 4.78 is 4.68. The molecule has 1 fully saturated rings. The van der Waals surface area contributed by atoms with Crippen molar-refractivity contribution >= 4 is 0 Å². The lowest BCUT2D eigenvalue weighted by Crippen LogP contribution is -2.26. The largest absolute Gasteiger partial charge is 0.335 e. The number of hydrogen-bond donors (Lipinski definition) is 1. The summed E-state index contributed by atoms with van der Waals surface area (Å²) in [5.74, 6) is 2.03. The predicted octanol–water partition coefficient (Wildman–Crippen LogP) is 1.86. The number of hydrogen-bond acceptors (Lipinski definition) is 3. The minimum atomic E-state index is 0.439. The van der Waals surface area contributed by atoms with Crippen molar-refractivity contribution < 1.29 is 0 Å². The van der Waals surface area contributed by atoms with Gasteiger partial charge >= 0.3 is 0 Å². The molecule has 2 aromatic heterocycles. The van der Waals surface area contributed by atoms with E-state index in [2.05, 4.69) is 26.4 Å². The molecule has 5 nitrogen and oxygen atoms in total. The van der Waals surface area contributed by atoms with Crippen molar-refractivity contribution in [1.82, 2.24) is 24.4 Å². The van der Waals surface area contributed by atoms with E-state index in [4.69, 9.17) is 4.98 Å². The van der Waals surface area contributed by atoms with Crippen LogP contribution in [0.4, 0.5) is 0 Å². The van der Waals surface area contributed by atoms with E-state index in [-0.39, 0.29) is 0 Å². The maximum absolute atomic E-state index is 4.94. The first kappa shape index (κ1) is 12.1. The number of rotatable bonds is 4. The molecular formula is C15H21N5. The Hall–Kier alpha value is -1.62. The first-order chi connectivity index (χ1) is 9.83. The van der Waals surface area contributed by atoms with E-state index in [0.29, 0.717) is 12.0 Å². The van der Waals surface area contributed by atoms with Crippen LogP contribution in [0.2, 0.25) is 0 Å². The van der Waals surface area contributed by atoms with E-state index in [0.717, 1.165) is 26.1 Å². The molecule has 0 radical (unpaired) electrons. The Morgan fingerprint density at radius 2 is 2.35 bits per heavy atom. The highest BCUT2D eigenvalue weighted by molar-refractivity contribution is 5.25. The van der Waals surface area contributed by atoms with Crippen LogP contribution in [0, 0.1) is 0 Å². The molecule has 2 aliphatic rings. The van der Waals surface area contributed by atoms with Crippen molar-refractivity contribution in [3.63, 3.8) is 0 Å². The molecule has 0 saturated heterocycles. The third-order valence-electron chi connectivity index (χ3n) is 4.37. The van der Waals surface area contributed by atoms with E-state index in [1.807, 2.05) is 18.7 Å². The van der Waals surface area contributed by atoms with Gasteiger partial charge in [0, 0.05) is 50.1 Å². The highest BCUT2D eigenvalue weighted by Crippen LogP contribution is 2.41. The molecule has 0 spiro atoms. The van der Waals surface area contributed by atoms with E-state index in [1.165, 1.54) is 30.1 Å². The SMILES string of the molecule is CC(Cn1ccnc1)n1c(C2CC2)nc2c1CCNC2. The molecule has 1 saturated carbocycles. The van der Waals surface area contributed by atoms with Gasteiger partial charge in [-0.2, -0.15) is 0 Å². The van der Waals surface area contributed by atoms with Crippen molar-refractivity contribution in [3.8, 4) is 0 Å². The van der Waals surface area contributed by atoms with Crippen LogP contribution < -0.4 is 5.32 Å². The zero-order valence-corrected chi connectivity index (χ0v) is 11.9. The maximum Gasteiger partial charge on any atom is 0.112 e. The summed E-state index contributed by atoms with van der Waals surface area (Å²) in [5, 5.41) is 3.43. The highest BCUT2D eigenvalue weighted by Gasteiger charge is 2.33. The minimum Gasteiger partial charge on any atom is -0.335 e. The summed E-state index contributed by atoms with van der Waals surface area (Å²) in [6.07, 6.45) is 9.50. The van der Waals surface area contributed by atoms with Gasteiger partial charge in [-0.25, -0.2) is 9.97 Å². The Morgan fingerprint density at radius 1 is 1.45 bits per heavy atom. The average Bonchev–Trinajstić information content (AvgIpc) is 3.04. The van der Waals surface area contributed by atoms with Gasteiger partial charge in [0.05, 0.1) is 18.1 Å². The summed E-state index contributed by atoms with van der Waals surface area (Å²) in [6, 6.07) is 0.439. The van der Waals surface area contributed by atoms with Crippen LogP contribution in [0.25, 0.3) is 0 Å². The van der Waals surface area contributed by atoms with Gasteiger partial charge in [-0.1, -0.05) is 0 Å². The topological polar surface area (TPSA) is 47.7 Å². The molecule has 0 aromatic carbocycles. The van der Waals surface area contributed by atoms with Crippen LogP contribution in [0.1, 0.15) is 48.9 Å². The summed E-state index contributed by atoms with van der Waals surface area (Å²) in [4.78, 5) is 9.08. The third-order valence-corrected chi connectivity index (χ3v) is 4.37. The quantitative estimate of drug-likeness (QED) is 0.923. The molecule has 0 amide bonds. The van der Waals surface area contributed by atoms with Crippen LogP contribution in [-0.2, 0) is 19.5 Å². The summed E-state index contributed by atoms with van der Waals surface area (Å²) in [5.41, 5.74) is 2.73. The van der Waals surface area contributed by atoms with Crippen LogP contribution in [-0.4, -0.2) is 25.6 Å². The molecular weight excluding hydrogens is 250 g/mol. The fraction of sp³-hybridized carbons (Fsp3) is 0.600. The second-order valence-electron chi connectivity index (χ2n) is 6.04. The molecule has 2 aromatic rings. The van der Waals surface area contributed by atoms with Crippen molar-refractivity contribution in [2.75, 3.05) is 6.54 Å².